The van der Waals surface area contributed by atoms with E-state index in [1.165, 1.54) is 11.3 Å². The minimum atomic E-state index is -0.580. The van der Waals surface area contributed by atoms with Crippen LogP contribution in [0.3, 0.4) is 0 Å². The van der Waals surface area contributed by atoms with Gasteiger partial charge in [-0.1, -0.05) is 35.8 Å². The molecule has 3 nitrogen and oxygen atoms in total. The van der Waals surface area contributed by atoms with Crippen molar-refractivity contribution < 1.29 is 5.11 Å². The van der Waals surface area contributed by atoms with Gasteiger partial charge in [0.15, 0.2) is 0 Å². The minimum absolute atomic E-state index is 0.468. The average molecular weight is 341 g/mol. The smallest absolute Gasteiger partial charge is 0.0794 e. The fourth-order valence-corrected chi connectivity index (χ4v) is 3.07. The van der Waals surface area contributed by atoms with Gasteiger partial charge in [-0.05, 0) is 37.5 Å². The number of piperidine rings is 1. The number of hydrogen-bond acceptors (Lipinski definition) is 3. The third-order valence-corrected chi connectivity index (χ3v) is 4.26. The highest BCUT2D eigenvalue weighted by Crippen LogP contribution is 2.30. The van der Waals surface area contributed by atoms with Gasteiger partial charge in [0.05, 0.1) is 5.60 Å². The van der Waals surface area contributed by atoms with Gasteiger partial charge in [-0.25, -0.2) is 0 Å². The zero-order chi connectivity index (χ0) is 14.8. The molecule has 1 saturated heterocycles. The van der Waals surface area contributed by atoms with Crippen LogP contribution in [-0.2, 0) is 6.54 Å². The van der Waals surface area contributed by atoms with E-state index >= 15 is 0 Å². The second-order valence-corrected chi connectivity index (χ2v) is 7.25. The van der Waals surface area contributed by atoms with E-state index in [4.69, 9.17) is 0 Å². The summed E-state index contributed by atoms with van der Waals surface area (Å²) in [5.41, 5.74) is 1.94. The van der Waals surface area contributed by atoms with E-state index in [9.17, 15) is 5.11 Å². The molecular formula is C16H25BrN2O. The summed E-state index contributed by atoms with van der Waals surface area (Å²) >= 11 is 3.56. The fourth-order valence-electron chi connectivity index (χ4n) is 2.72. The molecule has 1 atom stereocenters. The van der Waals surface area contributed by atoms with Gasteiger partial charge in [0.2, 0.25) is 0 Å². The lowest BCUT2D eigenvalue weighted by Gasteiger charge is -2.39. The Kier molecular flexibility index (Phi) is 5.10. The molecule has 0 amide bonds. The molecule has 0 spiro atoms. The van der Waals surface area contributed by atoms with Gasteiger partial charge >= 0.3 is 0 Å². The summed E-state index contributed by atoms with van der Waals surface area (Å²) in [6, 6.07) is 6.88. The third-order valence-electron chi connectivity index (χ3n) is 3.76. The number of β-amino-alcohol motifs (C(OH)–C–C–N with tert-alkyl or cyclic N) is 1. The molecule has 1 aliphatic heterocycles. The van der Waals surface area contributed by atoms with Crippen molar-refractivity contribution in [2.45, 2.75) is 51.8 Å². The molecule has 0 aliphatic carbocycles. The van der Waals surface area contributed by atoms with E-state index in [0.29, 0.717) is 12.6 Å². The fraction of sp³-hybridized carbons (Fsp3) is 0.625. The van der Waals surface area contributed by atoms with Crippen LogP contribution < -0.4 is 10.2 Å². The Morgan fingerprint density at radius 3 is 2.85 bits per heavy atom. The minimum Gasteiger partial charge on any atom is -0.388 e. The lowest BCUT2D eigenvalue weighted by atomic mass is 9.94. The first kappa shape index (κ1) is 15.8. The number of hydrogen-bond donors (Lipinski definition) is 2. The summed E-state index contributed by atoms with van der Waals surface area (Å²) in [4.78, 5) is 2.31. The van der Waals surface area contributed by atoms with E-state index in [-0.39, 0.29) is 0 Å². The zero-order valence-electron chi connectivity index (χ0n) is 12.6. The van der Waals surface area contributed by atoms with E-state index in [1.54, 1.807) is 0 Å². The zero-order valence-corrected chi connectivity index (χ0v) is 14.2. The van der Waals surface area contributed by atoms with E-state index in [1.807, 2.05) is 6.92 Å². The predicted octanol–water partition coefficient (Wildman–Crippen LogP) is 3.30. The molecule has 1 aromatic rings. The third kappa shape index (κ3) is 4.21. The second-order valence-electron chi connectivity index (χ2n) is 6.33. The molecule has 2 rings (SSSR count). The molecule has 0 bridgehead atoms. The highest BCUT2D eigenvalue weighted by atomic mass is 79.9. The molecule has 1 unspecified atom stereocenters. The quantitative estimate of drug-likeness (QED) is 0.882. The number of halogens is 1. The lowest BCUT2D eigenvalue weighted by Crippen LogP contribution is -2.46. The Bertz CT molecular complexity index is 460. The number of anilines is 1. The van der Waals surface area contributed by atoms with Gasteiger partial charge in [-0.2, -0.15) is 0 Å². The van der Waals surface area contributed by atoms with E-state index < -0.39 is 5.60 Å². The highest BCUT2D eigenvalue weighted by Gasteiger charge is 2.29. The molecule has 1 fully saturated rings. The van der Waals surface area contributed by atoms with E-state index in [0.717, 1.165) is 30.4 Å². The van der Waals surface area contributed by atoms with Crippen molar-refractivity contribution in [1.82, 2.24) is 5.32 Å². The molecular weight excluding hydrogens is 316 g/mol. The Balaban J connectivity index is 2.22. The molecule has 1 aromatic carbocycles. The summed E-state index contributed by atoms with van der Waals surface area (Å²) in [6.45, 7) is 8.83. The maximum atomic E-state index is 10.3. The number of aliphatic hydroxyl groups is 1. The Morgan fingerprint density at radius 2 is 2.20 bits per heavy atom. The molecule has 1 aliphatic rings. The van der Waals surface area contributed by atoms with Crippen molar-refractivity contribution >= 4 is 21.6 Å². The predicted molar refractivity (Wildman–Crippen MR) is 88.2 cm³/mol. The van der Waals surface area contributed by atoms with Crippen LogP contribution in [0, 0.1) is 0 Å². The van der Waals surface area contributed by atoms with Crippen LogP contribution in [0.4, 0.5) is 5.69 Å². The van der Waals surface area contributed by atoms with Crippen molar-refractivity contribution in [3.63, 3.8) is 0 Å². The van der Waals surface area contributed by atoms with Crippen molar-refractivity contribution in [3.8, 4) is 0 Å². The van der Waals surface area contributed by atoms with Crippen LogP contribution in [0.25, 0.3) is 0 Å². The van der Waals surface area contributed by atoms with Gasteiger partial charge in [-0.15, -0.1) is 0 Å². The second kappa shape index (κ2) is 6.46. The Hall–Kier alpha value is -0.580. The first-order valence-electron chi connectivity index (χ1n) is 7.36. The van der Waals surface area contributed by atoms with Crippen LogP contribution in [0.2, 0.25) is 0 Å². The summed E-state index contributed by atoms with van der Waals surface area (Å²) in [5.74, 6) is 0. The van der Waals surface area contributed by atoms with Crippen LogP contribution >= 0.6 is 15.9 Å². The summed E-state index contributed by atoms with van der Waals surface area (Å²) in [5, 5.41) is 13.8. The summed E-state index contributed by atoms with van der Waals surface area (Å²) < 4.78 is 1.09. The number of benzene rings is 1. The Labute approximate surface area is 130 Å². The number of nitrogens with zero attached hydrogens (tertiary/aromatic N) is 1. The van der Waals surface area contributed by atoms with Crippen molar-refractivity contribution in [2.75, 3.05) is 18.0 Å². The van der Waals surface area contributed by atoms with Crippen LogP contribution in [-0.4, -0.2) is 29.8 Å². The number of nitrogens with one attached hydrogen (secondary N) is 1. The lowest BCUT2D eigenvalue weighted by molar-refractivity contribution is 0.0449. The van der Waals surface area contributed by atoms with Crippen LogP contribution in [0.1, 0.15) is 39.2 Å². The monoisotopic (exact) mass is 340 g/mol. The normalized spacial score (nSPS) is 23.4. The van der Waals surface area contributed by atoms with Crippen LogP contribution in [0.15, 0.2) is 22.7 Å². The molecule has 0 saturated carbocycles. The van der Waals surface area contributed by atoms with Gasteiger partial charge in [0, 0.05) is 35.8 Å². The maximum absolute atomic E-state index is 10.3. The summed E-state index contributed by atoms with van der Waals surface area (Å²) in [7, 11) is 0. The molecule has 112 valence electrons. The molecule has 1 heterocycles. The summed E-state index contributed by atoms with van der Waals surface area (Å²) in [6.07, 6.45) is 1.92. The topological polar surface area (TPSA) is 35.5 Å². The van der Waals surface area contributed by atoms with Crippen molar-refractivity contribution in [2.24, 2.45) is 0 Å². The van der Waals surface area contributed by atoms with E-state index in [2.05, 4.69) is 58.2 Å². The maximum Gasteiger partial charge on any atom is 0.0794 e. The first-order valence-corrected chi connectivity index (χ1v) is 8.16. The average Bonchev–Trinajstić information content (AvgIpc) is 2.36. The highest BCUT2D eigenvalue weighted by molar-refractivity contribution is 9.10. The molecule has 4 heteroatoms. The van der Waals surface area contributed by atoms with Gasteiger partial charge in [-0.3, -0.25) is 0 Å². The van der Waals surface area contributed by atoms with Gasteiger partial charge in [0.25, 0.3) is 0 Å². The molecule has 0 radical (unpaired) electrons. The molecule has 0 aromatic heterocycles. The van der Waals surface area contributed by atoms with Gasteiger partial charge < -0.3 is 15.3 Å². The van der Waals surface area contributed by atoms with Gasteiger partial charge in [0.1, 0.15) is 0 Å². The van der Waals surface area contributed by atoms with Crippen LogP contribution in [0.5, 0.6) is 0 Å². The Morgan fingerprint density at radius 1 is 1.45 bits per heavy atom. The number of rotatable bonds is 4. The molecule has 2 N–H and O–H groups in total. The SMILES string of the molecule is CC(C)NCc1ccc(Br)cc1N1CCCC(C)(O)C1. The van der Waals surface area contributed by atoms with Crippen molar-refractivity contribution in [3.05, 3.63) is 28.2 Å². The van der Waals surface area contributed by atoms with Crippen molar-refractivity contribution in [1.29, 1.82) is 0 Å². The first-order chi connectivity index (χ1) is 9.37. The largest absolute Gasteiger partial charge is 0.388 e. The standard InChI is InChI=1S/C16H25BrN2O/c1-12(2)18-10-13-5-6-14(17)9-15(13)19-8-4-7-16(3,20)11-19/h5-6,9,12,18,20H,4,7-8,10-11H2,1-3H3. The molecule has 20 heavy (non-hydrogen) atoms.